The molecule has 1 nitrogen and oxygen atoms in total. The highest BCUT2D eigenvalue weighted by molar-refractivity contribution is 5.57. The third kappa shape index (κ3) is 1.22. The standard InChI is InChI=1S/C17H16O/c1-10-2-4-12-15-7-6-14(16(12)8-10)13-5-3-11(18)9-17(13)15/h2-5,8-9,14-15,18H,6-7H2,1H3. The number of aromatic hydroxyl groups is 1. The van der Waals surface area contributed by atoms with E-state index in [2.05, 4.69) is 31.2 Å². The van der Waals surface area contributed by atoms with E-state index in [4.69, 9.17) is 0 Å². The summed E-state index contributed by atoms with van der Waals surface area (Å²) in [5, 5.41) is 9.71. The van der Waals surface area contributed by atoms with Crippen LogP contribution in [0.15, 0.2) is 36.4 Å². The van der Waals surface area contributed by atoms with Gasteiger partial charge in [-0.2, -0.15) is 0 Å². The van der Waals surface area contributed by atoms with Crippen molar-refractivity contribution in [1.82, 2.24) is 0 Å². The Morgan fingerprint density at radius 3 is 2.17 bits per heavy atom. The van der Waals surface area contributed by atoms with Crippen LogP contribution in [-0.4, -0.2) is 5.11 Å². The van der Waals surface area contributed by atoms with Crippen LogP contribution in [0.4, 0.5) is 0 Å². The van der Waals surface area contributed by atoms with E-state index in [1.807, 2.05) is 12.1 Å². The Labute approximate surface area is 107 Å². The van der Waals surface area contributed by atoms with Crippen LogP contribution < -0.4 is 0 Å². The summed E-state index contributed by atoms with van der Waals surface area (Å²) in [6.45, 7) is 2.17. The zero-order valence-electron chi connectivity index (χ0n) is 10.5. The Bertz CT molecular complexity index is 585. The van der Waals surface area contributed by atoms with Crippen LogP contribution in [0.1, 0.15) is 52.5 Å². The molecule has 0 amide bonds. The molecule has 0 spiro atoms. The van der Waals surface area contributed by atoms with Gasteiger partial charge in [-0.05, 0) is 54.2 Å². The topological polar surface area (TPSA) is 20.2 Å². The summed E-state index contributed by atoms with van der Waals surface area (Å²) in [7, 11) is 0. The van der Waals surface area contributed by atoms with Crippen molar-refractivity contribution in [1.29, 1.82) is 0 Å². The molecule has 1 heteroatoms. The molecule has 0 radical (unpaired) electrons. The van der Waals surface area contributed by atoms with Gasteiger partial charge in [0.15, 0.2) is 0 Å². The van der Waals surface area contributed by atoms with Crippen molar-refractivity contribution in [3.05, 3.63) is 64.2 Å². The molecule has 5 rings (SSSR count). The molecule has 0 aliphatic heterocycles. The molecule has 90 valence electrons. The lowest BCUT2D eigenvalue weighted by molar-refractivity contribution is 0.466. The summed E-state index contributed by atoms with van der Waals surface area (Å²) < 4.78 is 0. The van der Waals surface area contributed by atoms with Crippen LogP contribution >= 0.6 is 0 Å². The molecule has 2 aromatic rings. The summed E-state index contributed by atoms with van der Waals surface area (Å²) in [6, 6.07) is 12.8. The average Bonchev–Trinajstić information content (AvgIpc) is 2.38. The van der Waals surface area contributed by atoms with E-state index >= 15 is 0 Å². The third-order valence-corrected chi connectivity index (χ3v) is 4.56. The molecule has 2 atom stereocenters. The van der Waals surface area contributed by atoms with E-state index in [9.17, 15) is 5.11 Å². The molecule has 18 heavy (non-hydrogen) atoms. The first-order valence-corrected chi connectivity index (χ1v) is 6.67. The van der Waals surface area contributed by atoms with Gasteiger partial charge in [-0.3, -0.25) is 0 Å². The number of benzene rings is 2. The van der Waals surface area contributed by atoms with Gasteiger partial charge >= 0.3 is 0 Å². The summed E-state index contributed by atoms with van der Waals surface area (Å²) >= 11 is 0. The maximum Gasteiger partial charge on any atom is 0.115 e. The third-order valence-electron chi connectivity index (χ3n) is 4.56. The molecule has 2 bridgehead atoms. The number of phenols is 1. The van der Waals surface area contributed by atoms with Crippen molar-refractivity contribution >= 4 is 0 Å². The van der Waals surface area contributed by atoms with E-state index in [0.29, 0.717) is 17.6 Å². The maximum atomic E-state index is 9.71. The fraction of sp³-hybridized carbons (Fsp3) is 0.294. The number of aryl methyl sites for hydroxylation is 1. The van der Waals surface area contributed by atoms with Gasteiger partial charge in [0.2, 0.25) is 0 Å². The second-order valence-corrected chi connectivity index (χ2v) is 5.63. The largest absolute Gasteiger partial charge is 0.508 e. The Morgan fingerprint density at radius 2 is 1.44 bits per heavy atom. The number of rotatable bonds is 0. The predicted molar refractivity (Wildman–Crippen MR) is 72.2 cm³/mol. The first-order chi connectivity index (χ1) is 8.74. The van der Waals surface area contributed by atoms with Crippen molar-refractivity contribution in [2.75, 3.05) is 0 Å². The van der Waals surface area contributed by atoms with Gasteiger partial charge in [0.05, 0.1) is 0 Å². The molecule has 0 saturated heterocycles. The van der Waals surface area contributed by atoms with Crippen LogP contribution in [0.3, 0.4) is 0 Å². The van der Waals surface area contributed by atoms with Crippen molar-refractivity contribution in [3.8, 4) is 5.75 Å². The van der Waals surface area contributed by atoms with Gasteiger partial charge < -0.3 is 5.11 Å². The summed E-state index contributed by atoms with van der Waals surface area (Å²) in [5.41, 5.74) is 7.13. The van der Waals surface area contributed by atoms with Gasteiger partial charge in [0.25, 0.3) is 0 Å². The first-order valence-electron chi connectivity index (χ1n) is 6.67. The van der Waals surface area contributed by atoms with Crippen molar-refractivity contribution in [2.45, 2.75) is 31.6 Å². The first kappa shape index (κ1) is 10.2. The van der Waals surface area contributed by atoms with Crippen LogP contribution in [-0.2, 0) is 0 Å². The lowest BCUT2D eigenvalue weighted by atomic mass is 9.63. The Balaban J connectivity index is 1.99. The molecular weight excluding hydrogens is 220 g/mol. The molecule has 1 N–H and O–H groups in total. The van der Waals surface area contributed by atoms with Gasteiger partial charge in [-0.15, -0.1) is 0 Å². The highest BCUT2D eigenvalue weighted by Crippen LogP contribution is 2.53. The molecule has 0 heterocycles. The molecule has 3 aliphatic carbocycles. The zero-order chi connectivity index (χ0) is 12.3. The van der Waals surface area contributed by atoms with Crippen molar-refractivity contribution < 1.29 is 5.11 Å². The maximum absolute atomic E-state index is 9.71. The summed E-state index contributed by atoms with van der Waals surface area (Å²) in [6.07, 6.45) is 2.47. The molecule has 0 saturated carbocycles. The van der Waals surface area contributed by atoms with E-state index in [1.165, 1.54) is 40.7 Å². The lowest BCUT2D eigenvalue weighted by Crippen LogP contribution is -2.24. The molecular formula is C17H16O. The number of hydrogen-bond donors (Lipinski definition) is 1. The number of hydrogen-bond acceptors (Lipinski definition) is 1. The Kier molecular flexibility index (Phi) is 1.91. The average molecular weight is 236 g/mol. The van der Waals surface area contributed by atoms with E-state index in [0.717, 1.165) is 0 Å². The van der Waals surface area contributed by atoms with Crippen LogP contribution in [0.5, 0.6) is 5.75 Å². The predicted octanol–water partition coefficient (Wildman–Crippen LogP) is 4.07. The van der Waals surface area contributed by atoms with Crippen molar-refractivity contribution in [3.63, 3.8) is 0 Å². The number of fused-ring (bicyclic) bond motifs is 1. The minimum absolute atomic E-state index is 0.398. The van der Waals surface area contributed by atoms with Gasteiger partial charge in [0.1, 0.15) is 5.75 Å². The number of phenolic OH excluding ortho intramolecular Hbond substituents is 1. The Hall–Kier alpha value is -1.76. The minimum Gasteiger partial charge on any atom is -0.508 e. The van der Waals surface area contributed by atoms with Crippen LogP contribution in [0.2, 0.25) is 0 Å². The van der Waals surface area contributed by atoms with Gasteiger partial charge in [-0.25, -0.2) is 0 Å². The zero-order valence-corrected chi connectivity index (χ0v) is 10.5. The van der Waals surface area contributed by atoms with Gasteiger partial charge in [0, 0.05) is 11.8 Å². The lowest BCUT2D eigenvalue weighted by Gasteiger charge is -2.40. The monoisotopic (exact) mass is 236 g/mol. The van der Waals surface area contributed by atoms with E-state index in [1.54, 1.807) is 0 Å². The molecule has 3 aliphatic rings. The fourth-order valence-corrected chi connectivity index (χ4v) is 3.78. The molecule has 2 aromatic carbocycles. The quantitative estimate of drug-likeness (QED) is 0.731. The van der Waals surface area contributed by atoms with Crippen LogP contribution in [0.25, 0.3) is 0 Å². The van der Waals surface area contributed by atoms with Crippen molar-refractivity contribution in [2.24, 2.45) is 0 Å². The highest BCUT2D eigenvalue weighted by atomic mass is 16.3. The molecule has 0 fully saturated rings. The highest BCUT2D eigenvalue weighted by Gasteiger charge is 2.37. The summed E-state index contributed by atoms with van der Waals surface area (Å²) in [5.74, 6) is 1.43. The minimum atomic E-state index is 0.398. The summed E-state index contributed by atoms with van der Waals surface area (Å²) in [4.78, 5) is 0. The van der Waals surface area contributed by atoms with Gasteiger partial charge in [-0.1, -0.05) is 29.8 Å². The smallest absolute Gasteiger partial charge is 0.115 e. The second kappa shape index (κ2) is 3.38. The molecule has 0 aromatic heterocycles. The SMILES string of the molecule is Cc1ccc2c(c1)C1CCC2c2cc(O)ccc21. The second-order valence-electron chi connectivity index (χ2n) is 5.63. The fourth-order valence-electron chi connectivity index (χ4n) is 3.78. The Morgan fingerprint density at radius 1 is 0.833 bits per heavy atom. The van der Waals surface area contributed by atoms with E-state index < -0.39 is 0 Å². The van der Waals surface area contributed by atoms with E-state index in [-0.39, 0.29) is 0 Å². The van der Waals surface area contributed by atoms with Crippen LogP contribution in [0, 0.1) is 6.92 Å². The normalized spacial score (nSPS) is 23.6. The molecule has 2 unspecified atom stereocenters.